The third-order valence-corrected chi connectivity index (χ3v) is 7.61. The van der Waals surface area contributed by atoms with E-state index in [1.807, 2.05) is 47.8 Å². The van der Waals surface area contributed by atoms with E-state index in [0.29, 0.717) is 26.4 Å². The minimum Gasteiger partial charge on any atom is -0.457 e. The van der Waals surface area contributed by atoms with Gasteiger partial charge in [-0.1, -0.05) is 59.9 Å². The van der Waals surface area contributed by atoms with E-state index in [4.69, 9.17) is 9.47 Å². The lowest BCUT2D eigenvalue weighted by Crippen LogP contribution is -2.39. The summed E-state index contributed by atoms with van der Waals surface area (Å²) in [5.74, 6) is -0.472. The highest BCUT2D eigenvalue weighted by molar-refractivity contribution is 7.10. The molecule has 0 saturated carbocycles. The molecule has 0 aliphatic carbocycles. The van der Waals surface area contributed by atoms with Crippen LogP contribution in [0.3, 0.4) is 0 Å². The van der Waals surface area contributed by atoms with Gasteiger partial charge >= 0.3 is 11.9 Å². The summed E-state index contributed by atoms with van der Waals surface area (Å²) in [6, 6.07) is 19.5. The molecule has 0 radical (unpaired) electrons. The number of esters is 2. The average Bonchev–Trinajstić information content (AvgIpc) is 3.52. The molecule has 1 atom stereocenters. The number of aromatic nitrogens is 1. The molecule has 186 valence electrons. The second kappa shape index (κ2) is 10.5. The van der Waals surface area contributed by atoms with Crippen LogP contribution >= 0.6 is 22.7 Å². The summed E-state index contributed by atoms with van der Waals surface area (Å²) in [5, 5.41) is 1.91. The van der Waals surface area contributed by atoms with E-state index in [-0.39, 0.29) is 12.2 Å². The Morgan fingerprint density at radius 1 is 1.05 bits per heavy atom. The SMILES string of the molecule is CC(=O)Oc1ccc(C=c2sc3n(c2=O)C(c2cccs2)C(C(=O)OCc2ccccc2)=C(C)N=3)cc1. The fourth-order valence-corrected chi connectivity index (χ4v) is 5.92. The molecule has 9 heteroatoms. The van der Waals surface area contributed by atoms with Gasteiger partial charge in [0.1, 0.15) is 18.4 Å². The van der Waals surface area contributed by atoms with E-state index in [0.717, 1.165) is 16.0 Å². The number of rotatable bonds is 6. The first-order valence-electron chi connectivity index (χ1n) is 11.5. The van der Waals surface area contributed by atoms with Crippen molar-refractivity contribution < 1.29 is 19.1 Å². The van der Waals surface area contributed by atoms with Gasteiger partial charge < -0.3 is 9.47 Å². The van der Waals surface area contributed by atoms with Crippen molar-refractivity contribution in [1.29, 1.82) is 0 Å². The molecule has 4 aromatic rings. The summed E-state index contributed by atoms with van der Waals surface area (Å²) < 4.78 is 12.8. The van der Waals surface area contributed by atoms with Crippen LogP contribution in [0.5, 0.6) is 5.75 Å². The Balaban J connectivity index is 1.53. The lowest BCUT2D eigenvalue weighted by Gasteiger charge is -2.23. The monoisotopic (exact) mass is 530 g/mol. The number of hydrogen-bond donors (Lipinski definition) is 0. The van der Waals surface area contributed by atoms with E-state index in [2.05, 4.69) is 4.99 Å². The van der Waals surface area contributed by atoms with E-state index in [1.165, 1.54) is 29.6 Å². The maximum absolute atomic E-state index is 13.6. The van der Waals surface area contributed by atoms with Crippen molar-refractivity contribution >= 4 is 40.7 Å². The fourth-order valence-electron chi connectivity index (χ4n) is 4.05. The second-order valence-electron chi connectivity index (χ2n) is 8.32. The molecule has 5 rings (SSSR count). The zero-order valence-electron chi connectivity index (χ0n) is 20.0. The van der Waals surface area contributed by atoms with Gasteiger partial charge in [0.15, 0.2) is 4.80 Å². The Hall–Kier alpha value is -4.08. The van der Waals surface area contributed by atoms with Gasteiger partial charge in [-0.3, -0.25) is 14.2 Å². The van der Waals surface area contributed by atoms with Gasteiger partial charge in [0.2, 0.25) is 0 Å². The van der Waals surface area contributed by atoms with Crippen LogP contribution in [0.2, 0.25) is 0 Å². The highest BCUT2D eigenvalue weighted by atomic mass is 32.1. The maximum atomic E-state index is 13.6. The standard InChI is InChI=1S/C28H22N2O5S2/c1-17-24(27(33)34-16-20-7-4-3-5-8-20)25(22-9-6-14-36-22)30-26(32)23(37-28(30)29-17)15-19-10-12-21(13-11-19)35-18(2)31/h3-15,25H,16H2,1-2H3. The smallest absolute Gasteiger partial charge is 0.338 e. The highest BCUT2D eigenvalue weighted by Crippen LogP contribution is 2.33. The maximum Gasteiger partial charge on any atom is 0.338 e. The first-order valence-corrected chi connectivity index (χ1v) is 13.2. The van der Waals surface area contributed by atoms with E-state index >= 15 is 0 Å². The van der Waals surface area contributed by atoms with E-state index in [9.17, 15) is 14.4 Å². The largest absolute Gasteiger partial charge is 0.457 e. The first-order chi connectivity index (χ1) is 17.9. The van der Waals surface area contributed by atoms with Crippen molar-refractivity contribution in [3.63, 3.8) is 0 Å². The number of thiazole rings is 1. The molecule has 7 nitrogen and oxygen atoms in total. The van der Waals surface area contributed by atoms with Gasteiger partial charge in [-0.15, -0.1) is 11.3 Å². The summed E-state index contributed by atoms with van der Waals surface area (Å²) in [5.41, 5.74) is 2.27. The van der Waals surface area contributed by atoms with Gasteiger partial charge in [0.25, 0.3) is 5.56 Å². The quantitative estimate of drug-likeness (QED) is 0.278. The molecule has 1 aliphatic rings. The number of carbonyl (C=O) groups is 2. The normalized spacial score (nSPS) is 15.2. The summed E-state index contributed by atoms with van der Waals surface area (Å²) in [7, 11) is 0. The molecular formula is C28H22N2O5S2. The Bertz CT molecular complexity index is 1660. The lowest BCUT2D eigenvalue weighted by molar-refractivity contribution is -0.141. The number of carbonyl (C=O) groups excluding carboxylic acids is 2. The van der Waals surface area contributed by atoms with Crippen LogP contribution in [-0.4, -0.2) is 16.5 Å². The number of ether oxygens (including phenoxy) is 2. The lowest BCUT2D eigenvalue weighted by atomic mass is 10.0. The number of benzene rings is 2. The molecule has 0 saturated heterocycles. The Kier molecular flexibility index (Phi) is 6.98. The van der Waals surface area contributed by atoms with Gasteiger partial charge in [-0.05, 0) is 47.7 Å². The molecule has 0 bridgehead atoms. The molecule has 1 unspecified atom stereocenters. The minimum absolute atomic E-state index is 0.126. The van der Waals surface area contributed by atoms with E-state index in [1.54, 1.807) is 41.8 Å². The van der Waals surface area contributed by atoms with Gasteiger partial charge in [-0.2, -0.15) is 0 Å². The van der Waals surface area contributed by atoms with Crippen LogP contribution in [0.4, 0.5) is 0 Å². The van der Waals surface area contributed by atoms with Crippen LogP contribution < -0.4 is 19.6 Å². The molecule has 0 amide bonds. The Morgan fingerprint density at radius 2 is 1.81 bits per heavy atom. The number of nitrogens with zero attached hydrogens (tertiary/aromatic N) is 2. The molecule has 0 fully saturated rings. The van der Waals surface area contributed by atoms with Gasteiger partial charge in [0, 0.05) is 11.8 Å². The van der Waals surface area contributed by atoms with Crippen molar-refractivity contribution in [3.05, 3.63) is 119 Å². The minimum atomic E-state index is -0.631. The summed E-state index contributed by atoms with van der Waals surface area (Å²) in [6.45, 7) is 3.23. The molecule has 1 aliphatic heterocycles. The van der Waals surface area contributed by atoms with Crippen LogP contribution in [-0.2, 0) is 20.9 Å². The molecule has 37 heavy (non-hydrogen) atoms. The van der Waals surface area contributed by atoms with Crippen molar-refractivity contribution in [3.8, 4) is 5.75 Å². The third kappa shape index (κ3) is 5.23. The number of hydrogen-bond acceptors (Lipinski definition) is 8. The van der Waals surface area contributed by atoms with E-state index < -0.39 is 18.0 Å². The first kappa shape index (κ1) is 24.6. The predicted octanol–water partition coefficient (Wildman–Crippen LogP) is 3.97. The number of thiophene rings is 1. The van der Waals surface area contributed by atoms with Crippen molar-refractivity contribution in [2.45, 2.75) is 26.5 Å². The fraction of sp³-hybridized carbons (Fsp3) is 0.143. The molecule has 2 aromatic heterocycles. The summed E-state index contributed by atoms with van der Waals surface area (Å²) in [4.78, 5) is 44.1. The number of fused-ring (bicyclic) bond motifs is 1. The highest BCUT2D eigenvalue weighted by Gasteiger charge is 2.34. The third-order valence-electron chi connectivity index (χ3n) is 5.71. The molecule has 0 N–H and O–H groups in total. The van der Waals surface area contributed by atoms with Gasteiger partial charge in [0.05, 0.1) is 15.8 Å². The van der Waals surface area contributed by atoms with Crippen LogP contribution in [0, 0.1) is 0 Å². The van der Waals surface area contributed by atoms with Crippen LogP contribution in [0.1, 0.15) is 35.9 Å². The van der Waals surface area contributed by atoms with Crippen LogP contribution in [0.25, 0.3) is 6.08 Å². The van der Waals surface area contributed by atoms with Crippen LogP contribution in [0.15, 0.2) is 93.2 Å². The summed E-state index contributed by atoms with van der Waals surface area (Å²) in [6.07, 6.45) is 1.76. The molecule has 3 heterocycles. The zero-order chi connectivity index (χ0) is 25.9. The second-order valence-corrected chi connectivity index (χ2v) is 10.3. The van der Waals surface area contributed by atoms with Crippen molar-refractivity contribution in [2.75, 3.05) is 0 Å². The molecule has 0 spiro atoms. The summed E-state index contributed by atoms with van der Waals surface area (Å²) >= 11 is 2.73. The Labute approximate surface area is 220 Å². The predicted molar refractivity (Wildman–Crippen MR) is 142 cm³/mol. The molecule has 2 aromatic carbocycles. The number of allylic oxidation sites excluding steroid dienone is 1. The van der Waals surface area contributed by atoms with Crippen molar-refractivity contribution in [1.82, 2.24) is 4.57 Å². The molecular weight excluding hydrogens is 508 g/mol. The Morgan fingerprint density at radius 3 is 2.49 bits per heavy atom. The van der Waals surface area contributed by atoms with Crippen molar-refractivity contribution in [2.24, 2.45) is 4.99 Å². The van der Waals surface area contributed by atoms with Gasteiger partial charge in [-0.25, -0.2) is 9.79 Å². The average molecular weight is 531 g/mol. The zero-order valence-corrected chi connectivity index (χ0v) is 21.7. The topological polar surface area (TPSA) is 87.0 Å².